The van der Waals surface area contributed by atoms with Crippen LogP contribution in [0.15, 0.2) is 0 Å². The van der Waals surface area contributed by atoms with Crippen LogP contribution in [0.5, 0.6) is 0 Å². The first kappa shape index (κ1) is 17.0. The molecule has 0 saturated carbocycles. The Hall–Kier alpha value is -1.09. The molecule has 1 heterocycles. The summed E-state index contributed by atoms with van der Waals surface area (Å²) in [6.45, 7) is 5.20. The average molecular weight is 282 g/mol. The second-order valence-corrected chi connectivity index (χ2v) is 5.72. The average Bonchev–Trinajstić information content (AvgIpc) is 2.37. The number of aliphatic hydroxyl groups excluding tert-OH is 1. The van der Waals surface area contributed by atoms with Crippen LogP contribution in [0.25, 0.3) is 0 Å². The Morgan fingerprint density at radius 3 is 2.85 bits per heavy atom. The summed E-state index contributed by atoms with van der Waals surface area (Å²) >= 11 is 0. The fourth-order valence-corrected chi connectivity index (χ4v) is 2.29. The van der Waals surface area contributed by atoms with Crippen LogP contribution in [-0.2, 0) is 9.53 Å². The number of nitrogens with one attached hydrogen (secondary N) is 1. The van der Waals surface area contributed by atoms with Crippen molar-refractivity contribution in [3.8, 4) is 12.3 Å². The van der Waals surface area contributed by atoms with Gasteiger partial charge >= 0.3 is 0 Å². The molecule has 20 heavy (non-hydrogen) atoms. The van der Waals surface area contributed by atoms with Crippen molar-refractivity contribution in [3.05, 3.63) is 0 Å². The maximum absolute atomic E-state index is 12.0. The van der Waals surface area contributed by atoms with E-state index < -0.39 is 12.2 Å². The van der Waals surface area contributed by atoms with Crippen molar-refractivity contribution in [2.75, 3.05) is 20.1 Å². The van der Waals surface area contributed by atoms with Crippen LogP contribution in [0.2, 0.25) is 0 Å². The number of rotatable bonds is 6. The summed E-state index contributed by atoms with van der Waals surface area (Å²) < 4.78 is 5.75. The van der Waals surface area contributed by atoms with Gasteiger partial charge in [-0.25, -0.2) is 0 Å². The third kappa shape index (κ3) is 5.49. The zero-order chi connectivity index (χ0) is 15.1. The van der Waals surface area contributed by atoms with Crippen molar-refractivity contribution in [1.29, 1.82) is 0 Å². The van der Waals surface area contributed by atoms with E-state index in [4.69, 9.17) is 11.2 Å². The van der Waals surface area contributed by atoms with E-state index in [1.807, 2.05) is 25.8 Å². The molecule has 0 aromatic heterocycles. The van der Waals surface area contributed by atoms with Crippen LogP contribution >= 0.6 is 0 Å². The van der Waals surface area contributed by atoms with E-state index in [2.05, 4.69) is 11.2 Å². The van der Waals surface area contributed by atoms with Crippen molar-refractivity contribution in [2.45, 2.75) is 57.5 Å². The SMILES string of the molecule is C#CCN(C)CCC1CCC(O)C(C(=O)NC(C)C)O1. The van der Waals surface area contributed by atoms with E-state index >= 15 is 0 Å². The first-order valence-electron chi connectivity index (χ1n) is 7.20. The summed E-state index contributed by atoms with van der Waals surface area (Å²) in [4.78, 5) is 14.0. The zero-order valence-corrected chi connectivity index (χ0v) is 12.6. The Bertz CT molecular complexity index is 352. The van der Waals surface area contributed by atoms with E-state index in [0.717, 1.165) is 19.4 Å². The monoisotopic (exact) mass is 282 g/mol. The van der Waals surface area contributed by atoms with Gasteiger partial charge in [0.1, 0.15) is 0 Å². The number of aliphatic hydroxyl groups is 1. The molecule has 0 aromatic rings. The Morgan fingerprint density at radius 1 is 1.55 bits per heavy atom. The second kappa shape index (κ2) is 8.25. The number of terminal acetylenes is 1. The molecule has 5 nitrogen and oxygen atoms in total. The lowest BCUT2D eigenvalue weighted by Gasteiger charge is -2.34. The van der Waals surface area contributed by atoms with Gasteiger partial charge in [-0.1, -0.05) is 5.92 Å². The highest BCUT2D eigenvalue weighted by molar-refractivity contribution is 5.81. The molecule has 0 aromatic carbocycles. The molecule has 2 N–H and O–H groups in total. The van der Waals surface area contributed by atoms with Gasteiger partial charge in [0.25, 0.3) is 5.91 Å². The Morgan fingerprint density at radius 2 is 2.25 bits per heavy atom. The molecule has 0 bridgehead atoms. The molecule has 0 spiro atoms. The van der Waals surface area contributed by atoms with Gasteiger partial charge < -0.3 is 15.2 Å². The van der Waals surface area contributed by atoms with Crippen molar-refractivity contribution in [1.82, 2.24) is 10.2 Å². The fourth-order valence-electron chi connectivity index (χ4n) is 2.29. The van der Waals surface area contributed by atoms with Gasteiger partial charge in [-0.3, -0.25) is 9.69 Å². The fraction of sp³-hybridized carbons (Fsp3) is 0.800. The van der Waals surface area contributed by atoms with Gasteiger partial charge in [0.2, 0.25) is 0 Å². The molecule has 0 radical (unpaired) electrons. The van der Waals surface area contributed by atoms with Gasteiger partial charge in [-0.2, -0.15) is 0 Å². The summed E-state index contributed by atoms with van der Waals surface area (Å²) in [6, 6.07) is 0.0421. The number of ether oxygens (including phenoxy) is 1. The number of hydrogen-bond acceptors (Lipinski definition) is 4. The molecular formula is C15H26N2O3. The predicted octanol–water partition coefficient (Wildman–Crippen LogP) is 0.375. The van der Waals surface area contributed by atoms with Crippen molar-refractivity contribution in [3.63, 3.8) is 0 Å². The number of hydrogen-bond donors (Lipinski definition) is 2. The highest BCUT2D eigenvalue weighted by atomic mass is 16.5. The number of amides is 1. The van der Waals surface area contributed by atoms with Gasteiger partial charge in [0.05, 0.1) is 18.8 Å². The van der Waals surface area contributed by atoms with Crippen LogP contribution in [0.4, 0.5) is 0 Å². The molecule has 0 aliphatic carbocycles. The molecule has 3 atom stereocenters. The standard InChI is InChI=1S/C15H26N2O3/c1-5-9-17(4)10-8-12-6-7-13(18)14(20-12)15(19)16-11(2)3/h1,11-14,18H,6-10H2,2-4H3,(H,16,19). The lowest BCUT2D eigenvalue weighted by molar-refractivity contribution is -0.159. The number of carbonyl (C=O) groups excluding carboxylic acids is 1. The topological polar surface area (TPSA) is 61.8 Å². The molecule has 1 fully saturated rings. The maximum atomic E-state index is 12.0. The van der Waals surface area contributed by atoms with Crippen LogP contribution in [-0.4, -0.2) is 60.4 Å². The van der Waals surface area contributed by atoms with E-state index in [-0.39, 0.29) is 18.1 Å². The molecule has 1 saturated heterocycles. The Labute approximate surface area is 121 Å². The lowest BCUT2D eigenvalue weighted by atomic mass is 9.98. The van der Waals surface area contributed by atoms with E-state index in [0.29, 0.717) is 13.0 Å². The van der Waals surface area contributed by atoms with Gasteiger partial charge in [-0.05, 0) is 40.2 Å². The number of nitrogens with zero attached hydrogens (tertiary/aromatic N) is 1. The van der Waals surface area contributed by atoms with E-state index in [1.165, 1.54) is 0 Å². The van der Waals surface area contributed by atoms with Gasteiger partial charge in [-0.15, -0.1) is 6.42 Å². The third-order valence-corrected chi connectivity index (χ3v) is 3.36. The van der Waals surface area contributed by atoms with Crippen LogP contribution in [0, 0.1) is 12.3 Å². The van der Waals surface area contributed by atoms with Crippen LogP contribution in [0.3, 0.4) is 0 Å². The summed E-state index contributed by atoms with van der Waals surface area (Å²) in [5.74, 6) is 2.36. The summed E-state index contributed by atoms with van der Waals surface area (Å²) in [7, 11) is 1.96. The summed E-state index contributed by atoms with van der Waals surface area (Å²) in [6.07, 6.45) is 5.97. The molecule has 3 unspecified atom stereocenters. The first-order valence-corrected chi connectivity index (χ1v) is 7.20. The minimum atomic E-state index is -0.755. The van der Waals surface area contributed by atoms with Crippen LogP contribution < -0.4 is 5.32 Å². The molecule has 114 valence electrons. The maximum Gasteiger partial charge on any atom is 0.252 e. The smallest absolute Gasteiger partial charge is 0.252 e. The van der Waals surface area contributed by atoms with E-state index in [9.17, 15) is 9.90 Å². The minimum Gasteiger partial charge on any atom is -0.390 e. The van der Waals surface area contributed by atoms with Crippen LogP contribution in [0.1, 0.15) is 33.1 Å². The minimum absolute atomic E-state index is 0.00142. The largest absolute Gasteiger partial charge is 0.390 e. The molecular weight excluding hydrogens is 256 g/mol. The zero-order valence-electron chi connectivity index (χ0n) is 12.6. The van der Waals surface area contributed by atoms with Gasteiger partial charge in [0.15, 0.2) is 6.10 Å². The first-order chi connectivity index (χ1) is 9.43. The molecule has 1 aliphatic rings. The molecule has 1 aliphatic heterocycles. The summed E-state index contributed by atoms with van der Waals surface area (Å²) in [5, 5.41) is 12.7. The normalized spacial score (nSPS) is 26.6. The van der Waals surface area contributed by atoms with Crippen molar-refractivity contribution in [2.24, 2.45) is 0 Å². The Balaban J connectivity index is 2.45. The second-order valence-electron chi connectivity index (χ2n) is 5.72. The third-order valence-electron chi connectivity index (χ3n) is 3.36. The Kier molecular flexibility index (Phi) is 7.00. The predicted molar refractivity (Wildman–Crippen MR) is 78.1 cm³/mol. The van der Waals surface area contributed by atoms with E-state index in [1.54, 1.807) is 0 Å². The highest BCUT2D eigenvalue weighted by Crippen LogP contribution is 2.22. The lowest BCUT2D eigenvalue weighted by Crippen LogP contribution is -2.50. The highest BCUT2D eigenvalue weighted by Gasteiger charge is 2.35. The quantitative estimate of drug-likeness (QED) is 0.691. The van der Waals surface area contributed by atoms with Crippen molar-refractivity contribution < 1.29 is 14.6 Å². The van der Waals surface area contributed by atoms with Gasteiger partial charge in [0, 0.05) is 12.6 Å². The van der Waals surface area contributed by atoms with Crippen molar-refractivity contribution >= 4 is 5.91 Å². The molecule has 5 heteroatoms. The molecule has 1 rings (SSSR count). The molecule has 1 amide bonds. The summed E-state index contributed by atoms with van der Waals surface area (Å²) in [5.41, 5.74) is 0. The number of carbonyl (C=O) groups is 1.